The molecule has 2 heterocycles. The Kier molecular flexibility index (Phi) is 3.74. The molecule has 1 fully saturated rings. The maximum absolute atomic E-state index is 6.41. The average Bonchev–Trinajstić information content (AvgIpc) is 2.91. The summed E-state index contributed by atoms with van der Waals surface area (Å²) in [7, 11) is 0. The lowest BCUT2D eigenvalue weighted by Crippen LogP contribution is -2.46. The van der Waals surface area contributed by atoms with Crippen LogP contribution in [0.15, 0.2) is 12.1 Å². The molecule has 1 aromatic rings. The van der Waals surface area contributed by atoms with E-state index in [-0.39, 0.29) is 6.04 Å². The SMILES string of the molecule is Cc1cc2c(c(C(C)C)c1)C(N1CCCC1)C(N)CO2. The van der Waals surface area contributed by atoms with Crippen molar-refractivity contribution >= 4 is 0 Å². The maximum Gasteiger partial charge on any atom is 0.124 e. The summed E-state index contributed by atoms with van der Waals surface area (Å²) >= 11 is 0. The highest BCUT2D eigenvalue weighted by atomic mass is 16.5. The molecule has 0 radical (unpaired) electrons. The van der Waals surface area contributed by atoms with Crippen LogP contribution in [0.3, 0.4) is 0 Å². The highest BCUT2D eigenvalue weighted by Crippen LogP contribution is 2.42. The molecule has 110 valence electrons. The van der Waals surface area contributed by atoms with E-state index < -0.39 is 0 Å². The number of likely N-dealkylation sites (tertiary alicyclic amines) is 1. The van der Waals surface area contributed by atoms with Gasteiger partial charge in [0.05, 0.1) is 12.1 Å². The Morgan fingerprint density at radius 2 is 1.95 bits per heavy atom. The van der Waals surface area contributed by atoms with Crippen LogP contribution in [-0.2, 0) is 0 Å². The van der Waals surface area contributed by atoms with E-state index in [1.165, 1.54) is 42.6 Å². The molecular weight excluding hydrogens is 248 g/mol. The van der Waals surface area contributed by atoms with Crippen LogP contribution in [0.4, 0.5) is 0 Å². The van der Waals surface area contributed by atoms with E-state index in [9.17, 15) is 0 Å². The second kappa shape index (κ2) is 5.38. The molecule has 20 heavy (non-hydrogen) atoms. The van der Waals surface area contributed by atoms with Crippen molar-refractivity contribution in [3.05, 3.63) is 28.8 Å². The highest BCUT2D eigenvalue weighted by molar-refractivity contribution is 5.49. The van der Waals surface area contributed by atoms with Crippen LogP contribution in [0.1, 0.15) is 55.3 Å². The fraction of sp³-hybridized carbons (Fsp3) is 0.647. The van der Waals surface area contributed by atoms with E-state index in [0.29, 0.717) is 18.6 Å². The van der Waals surface area contributed by atoms with Gasteiger partial charge in [0.25, 0.3) is 0 Å². The van der Waals surface area contributed by atoms with Gasteiger partial charge in [-0.2, -0.15) is 0 Å². The predicted molar refractivity (Wildman–Crippen MR) is 82.3 cm³/mol. The smallest absolute Gasteiger partial charge is 0.124 e. The molecule has 1 aromatic carbocycles. The fourth-order valence-corrected chi connectivity index (χ4v) is 3.67. The molecule has 2 aliphatic rings. The minimum Gasteiger partial charge on any atom is -0.492 e. The van der Waals surface area contributed by atoms with E-state index in [4.69, 9.17) is 10.5 Å². The van der Waals surface area contributed by atoms with E-state index in [2.05, 4.69) is 37.8 Å². The quantitative estimate of drug-likeness (QED) is 0.901. The van der Waals surface area contributed by atoms with Gasteiger partial charge in [0.2, 0.25) is 0 Å². The summed E-state index contributed by atoms with van der Waals surface area (Å²) in [4.78, 5) is 2.56. The van der Waals surface area contributed by atoms with Gasteiger partial charge < -0.3 is 10.5 Å². The van der Waals surface area contributed by atoms with Crippen LogP contribution in [-0.4, -0.2) is 30.6 Å². The third-order valence-corrected chi connectivity index (χ3v) is 4.61. The first-order valence-corrected chi connectivity index (χ1v) is 7.85. The molecule has 0 spiro atoms. The maximum atomic E-state index is 6.41. The Morgan fingerprint density at radius 3 is 2.60 bits per heavy atom. The van der Waals surface area contributed by atoms with Gasteiger partial charge in [-0.15, -0.1) is 0 Å². The third-order valence-electron chi connectivity index (χ3n) is 4.61. The summed E-state index contributed by atoms with van der Waals surface area (Å²) in [6.45, 7) is 9.64. The number of nitrogens with two attached hydrogens (primary N) is 1. The fourth-order valence-electron chi connectivity index (χ4n) is 3.67. The first-order chi connectivity index (χ1) is 9.58. The Labute approximate surface area is 122 Å². The number of nitrogens with zero attached hydrogens (tertiary/aromatic N) is 1. The predicted octanol–water partition coefficient (Wildman–Crippen LogP) is 2.98. The number of hydrogen-bond acceptors (Lipinski definition) is 3. The van der Waals surface area contributed by atoms with Crippen molar-refractivity contribution in [2.24, 2.45) is 5.73 Å². The zero-order valence-corrected chi connectivity index (χ0v) is 12.9. The molecule has 3 nitrogen and oxygen atoms in total. The van der Waals surface area contributed by atoms with Crippen molar-refractivity contribution in [1.82, 2.24) is 4.90 Å². The third kappa shape index (κ3) is 2.33. The van der Waals surface area contributed by atoms with Crippen LogP contribution in [0.2, 0.25) is 0 Å². The first kappa shape index (κ1) is 13.9. The summed E-state index contributed by atoms with van der Waals surface area (Å²) in [5, 5.41) is 0. The van der Waals surface area contributed by atoms with Crippen LogP contribution in [0.25, 0.3) is 0 Å². The second-order valence-electron chi connectivity index (χ2n) is 6.58. The Hall–Kier alpha value is -1.06. The molecule has 1 saturated heterocycles. The lowest BCUT2D eigenvalue weighted by Gasteiger charge is -2.39. The van der Waals surface area contributed by atoms with Crippen molar-refractivity contribution in [1.29, 1.82) is 0 Å². The van der Waals surface area contributed by atoms with E-state index in [0.717, 1.165) is 5.75 Å². The lowest BCUT2D eigenvalue weighted by atomic mass is 9.85. The topological polar surface area (TPSA) is 38.5 Å². The molecule has 2 unspecified atom stereocenters. The molecule has 2 N–H and O–H groups in total. The molecule has 2 atom stereocenters. The van der Waals surface area contributed by atoms with Gasteiger partial charge in [0.1, 0.15) is 12.4 Å². The first-order valence-electron chi connectivity index (χ1n) is 7.85. The van der Waals surface area contributed by atoms with Crippen molar-refractivity contribution in [2.75, 3.05) is 19.7 Å². The molecule has 0 aromatic heterocycles. The number of benzene rings is 1. The summed E-state index contributed by atoms with van der Waals surface area (Å²) in [6.07, 6.45) is 2.59. The standard InChI is InChI=1S/C17H26N2O/c1-11(2)13-8-12(3)9-15-16(13)17(14(18)10-20-15)19-6-4-5-7-19/h8-9,11,14,17H,4-7,10,18H2,1-3H3. The zero-order valence-electron chi connectivity index (χ0n) is 12.9. The zero-order chi connectivity index (χ0) is 14.3. The highest BCUT2D eigenvalue weighted by Gasteiger charge is 2.36. The normalized spacial score (nSPS) is 26.6. The Bertz CT molecular complexity index is 492. The molecule has 0 aliphatic carbocycles. The van der Waals surface area contributed by atoms with Crippen LogP contribution < -0.4 is 10.5 Å². The minimum absolute atomic E-state index is 0.0841. The van der Waals surface area contributed by atoms with Crippen LogP contribution >= 0.6 is 0 Å². The van der Waals surface area contributed by atoms with Gasteiger partial charge in [-0.1, -0.05) is 19.9 Å². The summed E-state index contributed by atoms with van der Waals surface area (Å²) in [6, 6.07) is 4.91. The summed E-state index contributed by atoms with van der Waals surface area (Å²) < 4.78 is 5.95. The van der Waals surface area contributed by atoms with Gasteiger partial charge in [0.15, 0.2) is 0 Å². The van der Waals surface area contributed by atoms with Crippen LogP contribution in [0, 0.1) is 6.92 Å². The van der Waals surface area contributed by atoms with Gasteiger partial charge in [0, 0.05) is 5.56 Å². The van der Waals surface area contributed by atoms with Crippen molar-refractivity contribution in [2.45, 2.75) is 51.6 Å². The van der Waals surface area contributed by atoms with Gasteiger partial charge in [-0.3, -0.25) is 4.90 Å². The van der Waals surface area contributed by atoms with Crippen LogP contribution in [0.5, 0.6) is 5.75 Å². The van der Waals surface area contributed by atoms with E-state index in [1.54, 1.807) is 0 Å². The van der Waals surface area contributed by atoms with E-state index >= 15 is 0 Å². The Morgan fingerprint density at radius 1 is 1.25 bits per heavy atom. The second-order valence-corrected chi connectivity index (χ2v) is 6.58. The summed E-state index contributed by atoms with van der Waals surface area (Å²) in [5.74, 6) is 1.56. The van der Waals surface area contributed by atoms with Gasteiger partial charge >= 0.3 is 0 Å². The number of rotatable bonds is 2. The molecular formula is C17H26N2O. The minimum atomic E-state index is 0.0841. The monoisotopic (exact) mass is 274 g/mol. The largest absolute Gasteiger partial charge is 0.492 e. The molecule has 3 heteroatoms. The number of aryl methyl sites for hydroxylation is 1. The molecule has 2 aliphatic heterocycles. The molecule has 0 bridgehead atoms. The summed E-state index contributed by atoms with van der Waals surface area (Å²) in [5.41, 5.74) is 10.5. The number of hydrogen-bond donors (Lipinski definition) is 1. The van der Waals surface area contributed by atoms with Gasteiger partial charge in [-0.25, -0.2) is 0 Å². The van der Waals surface area contributed by atoms with Crippen molar-refractivity contribution < 1.29 is 4.74 Å². The van der Waals surface area contributed by atoms with E-state index in [1.807, 2.05) is 0 Å². The lowest BCUT2D eigenvalue weighted by molar-refractivity contribution is 0.139. The van der Waals surface area contributed by atoms with Crippen molar-refractivity contribution in [3.8, 4) is 5.75 Å². The number of fused-ring (bicyclic) bond motifs is 1. The molecule has 0 saturated carbocycles. The number of ether oxygens (including phenoxy) is 1. The molecule has 0 amide bonds. The van der Waals surface area contributed by atoms with Crippen molar-refractivity contribution in [3.63, 3.8) is 0 Å². The molecule has 3 rings (SSSR count). The van der Waals surface area contributed by atoms with Gasteiger partial charge in [-0.05, 0) is 56.0 Å². The Balaban J connectivity index is 2.10. The average molecular weight is 274 g/mol.